The lowest BCUT2D eigenvalue weighted by molar-refractivity contribution is 0.0280. The Labute approximate surface area is 153 Å². The van der Waals surface area contributed by atoms with Crippen LogP contribution in [0.5, 0.6) is 0 Å². The van der Waals surface area contributed by atoms with E-state index < -0.39 is 22.1 Å². The van der Waals surface area contributed by atoms with Gasteiger partial charge < -0.3 is 9.15 Å². The molecular weight excluding hydrogens is 378 g/mol. The van der Waals surface area contributed by atoms with Crippen molar-refractivity contribution < 1.29 is 22.4 Å². The summed E-state index contributed by atoms with van der Waals surface area (Å²) in [5, 5.41) is 14.2. The second-order valence-electron chi connectivity index (χ2n) is 5.56. The summed E-state index contributed by atoms with van der Waals surface area (Å²) in [5.41, 5.74) is 1.94. The molecule has 0 aliphatic carbocycles. The summed E-state index contributed by atoms with van der Waals surface area (Å²) in [7, 11) is -3.86. The third-order valence-corrected chi connectivity index (χ3v) is 5.85. The number of carbonyl (C=O) groups is 1. The van der Waals surface area contributed by atoms with Crippen LogP contribution in [-0.2, 0) is 14.8 Å². The number of nitrogens with two attached hydrogens (primary N) is 1. The molecule has 0 radical (unpaired) electrons. The maximum absolute atomic E-state index is 12.1. The monoisotopic (exact) mass is 393 g/mol. The average Bonchev–Trinajstić information content (AvgIpc) is 3.25. The lowest BCUT2D eigenvalue weighted by atomic mass is 10.1. The Morgan fingerprint density at radius 2 is 1.96 bits per heavy atom. The number of sulfonamides is 1. The summed E-state index contributed by atoms with van der Waals surface area (Å²) < 4.78 is 33.2. The molecule has 0 fully saturated rings. The Kier molecular flexibility index (Phi) is 4.90. The molecule has 1 aromatic carbocycles. The highest BCUT2D eigenvalue weighted by molar-refractivity contribution is 7.91. The van der Waals surface area contributed by atoms with Gasteiger partial charge in [-0.3, -0.25) is 0 Å². The molecule has 0 saturated heterocycles. The number of primary sulfonamides is 1. The van der Waals surface area contributed by atoms with Crippen molar-refractivity contribution in [3.05, 3.63) is 52.7 Å². The van der Waals surface area contributed by atoms with E-state index in [1.165, 1.54) is 11.4 Å². The predicted octanol–water partition coefficient (Wildman–Crippen LogP) is 2.67. The number of benzene rings is 1. The number of carbonyl (C=O) groups excluding carboxylic acids is 1. The Morgan fingerprint density at radius 1 is 1.27 bits per heavy atom. The molecule has 0 bridgehead atoms. The molecule has 0 saturated carbocycles. The fourth-order valence-electron chi connectivity index (χ4n) is 2.06. The van der Waals surface area contributed by atoms with Gasteiger partial charge in [-0.15, -0.1) is 21.5 Å². The zero-order chi connectivity index (χ0) is 18.9. The summed E-state index contributed by atoms with van der Waals surface area (Å²) in [6.07, 6.45) is -0.799. The Hall–Kier alpha value is -2.56. The zero-order valence-electron chi connectivity index (χ0n) is 13.9. The summed E-state index contributed by atoms with van der Waals surface area (Å²) in [6.45, 7) is 3.55. The standard InChI is InChI=1S/C16H15N3O5S2/c1-9-3-5-11(6-4-9)15-19-18-14(24-15)10(2)23-16(20)12-7-13(25-8-12)26(17,21)22/h3-8,10H,1-2H3,(H2,17,21,22)/t10-/m0/s1. The first kappa shape index (κ1) is 18.2. The summed E-state index contributed by atoms with van der Waals surface area (Å²) in [6, 6.07) is 8.71. The third-order valence-electron chi connectivity index (χ3n) is 3.46. The van der Waals surface area contributed by atoms with Gasteiger partial charge in [0.25, 0.3) is 5.89 Å². The molecule has 0 spiro atoms. The highest BCUT2D eigenvalue weighted by Gasteiger charge is 2.22. The minimum Gasteiger partial charge on any atom is -0.449 e. The number of aryl methyl sites for hydroxylation is 1. The van der Waals surface area contributed by atoms with Crippen molar-refractivity contribution in [2.75, 3.05) is 0 Å². The molecule has 0 amide bonds. The topological polar surface area (TPSA) is 125 Å². The van der Waals surface area contributed by atoms with Gasteiger partial charge >= 0.3 is 5.97 Å². The number of rotatable bonds is 5. The van der Waals surface area contributed by atoms with Crippen LogP contribution in [0.1, 0.15) is 34.8 Å². The van der Waals surface area contributed by atoms with E-state index in [2.05, 4.69) is 10.2 Å². The van der Waals surface area contributed by atoms with E-state index in [1.807, 2.05) is 31.2 Å². The SMILES string of the molecule is Cc1ccc(-c2nnc([C@H](C)OC(=O)c3csc(S(N)(=O)=O)c3)o2)cc1. The van der Waals surface area contributed by atoms with Crippen molar-refractivity contribution in [1.82, 2.24) is 10.2 Å². The summed E-state index contributed by atoms with van der Waals surface area (Å²) in [5.74, 6) is -0.260. The van der Waals surface area contributed by atoms with E-state index in [-0.39, 0.29) is 15.7 Å². The van der Waals surface area contributed by atoms with E-state index in [9.17, 15) is 13.2 Å². The Balaban J connectivity index is 1.72. The summed E-state index contributed by atoms with van der Waals surface area (Å²) in [4.78, 5) is 12.1. The quantitative estimate of drug-likeness (QED) is 0.660. The molecule has 10 heteroatoms. The van der Waals surface area contributed by atoms with Gasteiger partial charge in [0.05, 0.1) is 5.56 Å². The van der Waals surface area contributed by atoms with Gasteiger partial charge in [0.2, 0.25) is 15.9 Å². The number of hydrogen-bond donors (Lipinski definition) is 1. The van der Waals surface area contributed by atoms with Crippen LogP contribution in [0.3, 0.4) is 0 Å². The molecular formula is C16H15N3O5S2. The molecule has 1 atom stereocenters. The predicted molar refractivity (Wildman–Crippen MR) is 94.0 cm³/mol. The highest BCUT2D eigenvalue weighted by atomic mass is 32.2. The van der Waals surface area contributed by atoms with Gasteiger partial charge in [0.15, 0.2) is 6.10 Å². The van der Waals surface area contributed by atoms with Gasteiger partial charge in [0, 0.05) is 10.9 Å². The summed E-state index contributed by atoms with van der Waals surface area (Å²) >= 11 is 0.845. The number of hydrogen-bond acceptors (Lipinski definition) is 8. The van der Waals surface area contributed by atoms with Crippen LogP contribution >= 0.6 is 11.3 Å². The Bertz CT molecular complexity index is 1040. The molecule has 3 rings (SSSR count). The lowest BCUT2D eigenvalue weighted by Gasteiger charge is -2.08. The van der Waals surface area contributed by atoms with Crippen molar-refractivity contribution in [2.24, 2.45) is 5.14 Å². The molecule has 0 aliphatic rings. The van der Waals surface area contributed by atoms with E-state index in [4.69, 9.17) is 14.3 Å². The zero-order valence-corrected chi connectivity index (χ0v) is 15.5. The van der Waals surface area contributed by atoms with Crippen LogP contribution in [-0.4, -0.2) is 24.6 Å². The van der Waals surface area contributed by atoms with E-state index in [1.54, 1.807) is 6.92 Å². The van der Waals surface area contributed by atoms with Gasteiger partial charge in [-0.1, -0.05) is 17.7 Å². The van der Waals surface area contributed by atoms with Gasteiger partial charge in [-0.25, -0.2) is 18.4 Å². The van der Waals surface area contributed by atoms with Crippen molar-refractivity contribution >= 4 is 27.3 Å². The fourth-order valence-corrected chi connectivity index (χ4v) is 3.64. The molecule has 0 unspecified atom stereocenters. The number of aromatic nitrogens is 2. The van der Waals surface area contributed by atoms with Crippen molar-refractivity contribution in [2.45, 2.75) is 24.2 Å². The van der Waals surface area contributed by atoms with Gasteiger partial charge in [-0.05, 0) is 32.0 Å². The number of nitrogens with zero attached hydrogens (tertiary/aromatic N) is 2. The van der Waals surface area contributed by atoms with E-state index >= 15 is 0 Å². The van der Waals surface area contributed by atoms with Crippen LogP contribution in [0.15, 0.2) is 44.3 Å². The first-order chi connectivity index (χ1) is 12.2. The van der Waals surface area contributed by atoms with Gasteiger partial charge in [0.1, 0.15) is 4.21 Å². The highest BCUT2D eigenvalue weighted by Crippen LogP contribution is 2.25. The number of ether oxygens (including phenoxy) is 1. The van der Waals surface area contributed by atoms with Crippen molar-refractivity contribution in [3.63, 3.8) is 0 Å². The molecule has 3 aromatic rings. The van der Waals surface area contributed by atoms with Crippen LogP contribution < -0.4 is 5.14 Å². The minimum absolute atomic E-state index is 0.0872. The number of esters is 1. The van der Waals surface area contributed by atoms with Crippen molar-refractivity contribution in [3.8, 4) is 11.5 Å². The second kappa shape index (κ2) is 6.98. The molecule has 2 heterocycles. The van der Waals surface area contributed by atoms with Crippen LogP contribution in [0.4, 0.5) is 0 Å². The fraction of sp³-hybridized carbons (Fsp3) is 0.188. The first-order valence-electron chi connectivity index (χ1n) is 7.47. The maximum Gasteiger partial charge on any atom is 0.339 e. The maximum atomic E-state index is 12.1. The molecule has 8 nitrogen and oxygen atoms in total. The largest absolute Gasteiger partial charge is 0.449 e. The van der Waals surface area contributed by atoms with E-state index in [0.717, 1.165) is 22.5 Å². The molecule has 26 heavy (non-hydrogen) atoms. The van der Waals surface area contributed by atoms with Gasteiger partial charge in [-0.2, -0.15) is 0 Å². The van der Waals surface area contributed by atoms with Crippen LogP contribution in [0.25, 0.3) is 11.5 Å². The first-order valence-corrected chi connectivity index (χ1v) is 9.89. The second-order valence-corrected chi connectivity index (χ2v) is 8.26. The minimum atomic E-state index is -3.86. The molecule has 2 N–H and O–H groups in total. The number of thiophene rings is 1. The molecule has 136 valence electrons. The average molecular weight is 393 g/mol. The Morgan fingerprint density at radius 3 is 2.58 bits per heavy atom. The normalized spacial score (nSPS) is 12.7. The lowest BCUT2D eigenvalue weighted by Crippen LogP contribution is -2.11. The third kappa shape index (κ3) is 3.98. The van der Waals surface area contributed by atoms with E-state index in [0.29, 0.717) is 5.89 Å². The van der Waals surface area contributed by atoms with Crippen LogP contribution in [0, 0.1) is 6.92 Å². The smallest absolute Gasteiger partial charge is 0.339 e. The van der Waals surface area contributed by atoms with Crippen molar-refractivity contribution in [1.29, 1.82) is 0 Å². The molecule has 2 aromatic heterocycles. The van der Waals surface area contributed by atoms with Crippen LogP contribution in [0.2, 0.25) is 0 Å². The molecule has 0 aliphatic heterocycles.